The summed E-state index contributed by atoms with van der Waals surface area (Å²) in [4.78, 5) is 22.7. The number of carbonyl (C=O) groups is 1. The van der Waals surface area contributed by atoms with E-state index in [1.54, 1.807) is 0 Å². The van der Waals surface area contributed by atoms with Crippen LogP contribution in [-0.2, 0) is 17.9 Å². The van der Waals surface area contributed by atoms with Crippen LogP contribution in [0, 0.1) is 5.92 Å². The number of aliphatic imine (C=N–C) groups is 1. The molecular formula is C25H33IN4OS. The van der Waals surface area contributed by atoms with Gasteiger partial charge in [0, 0.05) is 56.8 Å². The lowest BCUT2D eigenvalue weighted by Gasteiger charge is -2.22. The van der Waals surface area contributed by atoms with Crippen LogP contribution < -0.4 is 5.32 Å². The first kappa shape index (κ1) is 24.9. The van der Waals surface area contributed by atoms with Gasteiger partial charge in [-0.15, -0.1) is 35.7 Å². The van der Waals surface area contributed by atoms with E-state index < -0.39 is 0 Å². The third-order valence-electron chi connectivity index (χ3n) is 6.07. The number of thioether (sulfide) groups is 1. The summed E-state index contributed by atoms with van der Waals surface area (Å²) in [6.07, 6.45) is 2.61. The zero-order valence-corrected chi connectivity index (χ0v) is 21.9. The van der Waals surface area contributed by atoms with Crippen molar-refractivity contribution in [1.82, 2.24) is 15.1 Å². The van der Waals surface area contributed by atoms with Crippen LogP contribution in [-0.4, -0.2) is 54.1 Å². The maximum Gasteiger partial charge on any atom is 0.223 e. The predicted octanol–water partition coefficient (Wildman–Crippen LogP) is 4.62. The van der Waals surface area contributed by atoms with Crippen molar-refractivity contribution in [1.29, 1.82) is 0 Å². The van der Waals surface area contributed by atoms with E-state index in [0.29, 0.717) is 12.3 Å². The van der Waals surface area contributed by atoms with Gasteiger partial charge in [-0.2, -0.15) is 0 Å². The average Bonchev–Trinajstić information content (AvgIpc) is 3.45. The summed E-state index contributed by atoms with van der Waals surface area (Å²) in [6.45, 7) is 4.37. The van der Waals surface area contributed by atoms with Crippen LogP contribution in [0.15, 0.2) is 64.5 Å². The molecule has 0 aromatic heterocycles. The molecule has 1 amide bonds. The topological polar surface area (TPSA) is 47.9 Å². The molecule has 4 rings (SSSR count). The minimum Gasteiger partial charge on any atom is -0.356 e. The van der Waals surface area contributed by atoms with E-state index >= 15 is 0 Å². The first-order valence-electron chi connectivity index (χ1n) is 11.2. The molecule has 0 spiro atoms. The highest BCUT2D eigenvalue weighted by molar-refractivity contribution is 14.0. The number of guanidine groups is 1. The maximum absolute atomic E-state index is 12.6. The molecule has 2 aromatic rings. The minimum atomic E-state index is 0. The Morgan fingerprint density at radius 2 is 1.75 bits per heavy atom. The van der Waals surface area contributed by atoms with Crippen LogP contribution >= 0.6 is 35.7 Å². The Bertz CT molecular complexity index is 883. The Kier molecular flexibility index (Phi) is 9.71. The molecule has 1 atom stereocenters. The van der Waals surface area contributed by atoms with E-state index in [1.807, 2.05) is 35.8 Å². The summed E-state index contributed by atoms with van der Waals surface area (Å²) in [5.41, 5.74) is 2.56. The van der Waals surface area contributed by atoms with Crippen molar-refractivity contribution in [3.05, 3.63) is 65.7 Å². The molecular weight excluding hydrogens is 531 g/mol. The molecule has 172 valence electrons. The largest absolute Gasteiger partial charge is 0.356 e. The van der Waals surface area contributed by atoms with Gasteiger partial charge in [-0.05, 0) is 42.0 Å². The Hall–Kier alpha value is -1.74. The van der Waals surface area contributed by atoms with Crippen LogP contribution in [0.25, 0.3) is 0 Å². The number of likely N-dealkylation sites (tertiary alicyclic amines) is 1. The highest BCUT2D eigenvalue weighted by Crippen LogP contribution is 2.26. The number of halogens is 1. The smallest absolute Gasteiger partial charge is 0.223 e. The number of benzene rings is 2. The molecule has 1 fully saturated rings. The standard InChI is InChI=1S/C25H32N4OS.HI/c1-26-25(28-15-13-20(16-28)19-31-23-10-3-2-4-11-23)27-14-7-12-24(30)29-17-21-8-5-6-9-22(21)18-29;/h2-6,8-11,20H,7,12-19H2,1H3,(H,26,27);1H. The van der Waals surface area contributed by atoms with E-state index in [2.05, 4.69) is 57.7 Å². The number of nitrogens with one attached hydrogen (secondary N) is 1. The van der Waals surface area contributed by atoms with Crippen molar-refractivity contribution in [3.8, 4) is 0 Å². The summed E-state index contributed by atoms with van der Waals surface area (Å²) in [5, 5.41) is 3.47. The summed E-state index contributed by atoms with van der Waals surface area (Å²) < 4.78 is 0. The van der Waals surface area contributed by atoms with Gasteiger partial charge < -0.3 is 15.1 Å². The van der Waals surface area contributed by atoms with Crippen LogP contribution in [0.3, 0.4) is 0 Å². The van der Waals surface area contributed by atoms with Gasteiger partial charge in [0.05, 0.1) is 0 Å². The maximum atomic E-state index is 12.6. The second-order valence-electron chi connectivity index (χ2n) is 8.32. The summed E-state index contributed by atoms with van der Waals surface area (Å²) >= 11 is 1.94. The Morgan fingerprint density at radius 1 is 1.06 bits per heavy atom. The molecule has 1 N–H and O–H groups in total. The number of fused-ring (bicyclic) bond motifs is 1. The third-order valence-corrected chi connectivity index (χ3v) is 7.31. The van der Waals surface area contributed by atoms with E-state index in [9.17, 15) is 4.79 Å². The van der Waals surface area contributed by atoms with Crippen molar-refractivity contribution in [3.63, 3.8) is 0 Å². The fraction of sp³-hybridized carbons (Fsp3) is 0.440. The molecule has 1 unspecified atom stereocenters. The lowest BCUT2D eigenvalue weighted by atomic mass is 10.1. The first-order chi connectivity index (χ1) is 15.2. The van der Waals surface area contributed by atoms with Crippen LogP contribution in [0.2, 0.25) is 0 Å². The van der Waals surface area contributed by atoms with E-state index in [0.717, 1.165) is 50.9 Å². The monoisotopic (exact) mass is 564 g/mol. The Labute approximate surface area is 213 Å². The molecule has 0 radical (unpaired) electrons. The van der Waals surface area contributed by atoms with Crippen molar-refractivity contribution < 1.29 is 4.79 Å². The van der Waals surface area contributed by atoms with Gasteiger partial charge in [-0.25, -0.2) is 0 Å². The SMILES string of the molecule is CN=C(NCCCC(=O)N1Cc2ccccc2C1)N1CCC(CSc2ccccc2)C1.I. The molecule has 0 bridgehead atoms. The van der Waals surface area contributed by atoms with E-state index in [-0.39, 0.29) is 29.9 Å². The molecule has 0 saturated carbocycles. The van der Waals surface area contributed by atoms with Gasteiger partial charge in [-0.1, -0.05) is 42.5 Å². The van der Waals surface area contributed by atoms with Gasteiger partial charge in [0.15, 0.2) is 5.96 Å². The van der Waals surface area contributed by atoms with Gasteiger partial charge in [-0.3, -0.25) is 9.79 Å². The summed E-state index contributed by atoms with van der Waals surface area (Å²) in [7, 11) is 1.85. The van der Waals surface area contributed by atoms with Crippen molar-refractivity contribution in [2.24, 2.45) is 10.9 Å². The molecule has 2 aromatic carbocycles. The Morgan fingerprint density at radius 3 is 2.44 bits per heavy atom. The molecule has 7 heteroatoms. The number of amides is 1. The van der Waals surface area contributed by atoms with Gasteiger partial charge in [0.1, 0.15) is 0 Å². The first-order valence-corrected chi connectivity index (χ1v) is 12.2. The molecule has 5 nitrogen and oxygen atoms in total. The second-order valence-corrected chi connectivity index (χ2v) is 9.41. The number of rotatable bonds is 7. The molecule has 2 heterocycles. The van der Waals surface area contributed by atoms with Crippen LogP contribution in [0.4, 0.5) is 0 Å². The molecule has 2 aliphatic rings. The fourth-order valence-electron chi connectivity index (χ4n) is 4.33. The fourth-order valence-corrected chi connectivity index (χ4v) is 5.38. The van der Waals surface area contributed by atoms with Crippen molar-refractivity contribution in [2.75, 3.05) is 32.4 Å². The van der Waals surface area contributed by atoms with Crippen molar-refractivity contribution in [2.45, 2.75) is 37.2 Å². The average molecular weight is 565 g/mol. The van der Waals surface area contributed by atoms with E-state index in [4.69, 9.17) is 0 Å². The lowest BCUT2D eigenvalue weighted by Crippen LogP contribution is -2.40. The molecule has 32 heavy (non-hydrogen) atoms. The highest BCUT2D eigenvalue weighted by Gasteiger charge is 2.25. The molecule has 0 aliphatic carbocycles. The molecule has 2 aliphatic heterocycles. The lowest BCUT2D eigenvalue weighted by molar-refractivity contribution is -0.131. The van der Waals surface area contributed by atoms with Crippen molar-refractivity contribution >= 4 is 47.6 Å². The predicted molar refractivity (Wildman–Crippen MR) is 144 cm³/mol. The van der Waals surface area contributed by atoms with Gasteiger partial charge in [0.2, 0.25) is 5.91 Å². The zero-order chi connectivity index (χ0) is 21.5. The number of nitrogens with zero attached hydrogens (tertiary/aromatic N) is 3. The zero-order valence-electron chi connectivity index (χ0n) is 18.7. The van der Waals surface area contributed by atoms with Gasteiger partial charge in [0.25, 0.3) is 0 Å². The Balaban J connectivity index is 0.00000289. The highest BCUT2D eigenvalue weighted by atomic mass is 127. The number of hydrogen-bond donors (Lipinski definition) is 1. The third kappa shape index (κ3) is 6.63. The molecule has 1 saturated heterocycles. The van der Waals surface area contributed by atoms with Crippen LogP contribution in [0.5, 0.6) is 0 Å². The summed E-state index contributed by atoms with van der Waals surface area (Å²) in [5.74, 6) is 3.03. The van der Waals surface area contributed by atoms with E-state index in [1.165, 1.54) is 22.4 Å². The normalized spacial score (nSPS) is 17.8. The second kappa shape index (κ2) is 12.5. The quantitative estimate of drug-likeness (QED) is 0.175. The minimum absolute atomic E-state index is 0. The number of carbonyl (C=O) groups excluding carboxylic acids is 1. The van der Waals surface area contributed by atoms with Crippen LogP contribution in [0.1, 0.15) is 30.4 Å². The summed E-state index contributed by atoms with van der Waals surface area (Å²) in [6, 6.07) is 19.0. The van der Waals surface area contributed by atoms with Gasteiger partial charge >= 0.3 is 0 Å². The number of hydrogen-bond acceptors (Lipinski definition) is 3.